The second kappa shape index (κ2) is 10.1. The van der Waals surface area contributed by atoms with E-state index in [0.717, 1.165) is 38.4 Å². The molecule has 1 aromatic heterocycles. The highest BCUT2D eigenvalue weighted by atomic mass is 16.5. The number of aromatic amines is 1. The van der Waals surface area contributed by atoms with Gasteiger partial charge in [0.1, 0.15) is 17.4 Å². The molecule has 164 valence electrons. The molecule has 0 unspecified atom stereocenters. The summed E-state index contributed by atoms with van der Waals surface area (Å²) in [7, 11) is 1.58. The van der Waals surface area contributed by atoms with Gasteiger partial charge in [0.15, 0.2) is 0 Å². The van der Waals surface area contributed by atoms with Gasteiger partial charge in [-0.2, -0.15) is 5.26 Å². The largest absolute Gasteiger partial charge is 0.497 e. The topological polar surface area (TPSA) is 103 Å². The fourth-order valence-electron chi connectivity index (χ4n) is 3.68. The van der Waals surface area contributed by atoms with Gasteiger partial charge in [-0.3, -0.25) is 14.7 Å². The molecule has 2 aromatic carbocycles. The average Bonchev–Trinajstić information content (AvgIpc) is 2.84. The van der Waals surface area contributed by atoms with E-state index in [9.17, 15) is 10.1 Å². The molecule has 2 heterocycles. The number of hydrogen-bond donors (Lipinski definition) is 2. The van der Waals surface area contributed by atoms with E-state index in [4.69, 9.17) is 9.47 Å². The summed E-state index contributed by atoms with van der Waals surface area (Å²) in [6.45, 7) is 4.68. The predicted octanol–water partition coefficient (Wildman–Crippen LogP) is 2.76. The van der Waals surface area contributed by atoms with E-state index < -0.39 is 5.56 Å². The van der Waals surface area contributed by atoms with Crippen molar-refractivity contribution in [3.05, 3.63) is 75.6 Å². The molecule has 2 N–H and O–H groups in total. The van der Waals surface area contributed by atoms with Crippen molar-refractivity contribution in [1.82, 2.24) is 14.9 Å². The van der Waals surface area contributed by atoms with Gasteiger partial charge in [-0.1, -0.05) is 24.3 Å². The van der Waals surface area contributed by atoms with Crippen LogP contribution < -0.4 is 15.6 Å². The molecule has 8 heteroatoms. The van der Waals surface area contributed by atoms with Gasteiger partial charge in [0, 0.05) is 31.7 Å². The number of nitrogens with one attached hydrogen (secondary N) is 2. The number of rotatable bonds is 7. The van der Waals surface area contributed by atoms with Crippen molar-refractivity contribution in [2.24, 2.45) is 0 Å². The number of hydrogen-bond acceptors (Lipinski definition) is 7. The molecule has 0 saturated carbocycles. The van der Waals surface area contributed by atoms with Crippen molar-refractivity contribution in [3.8, 4) is 23.1 Å². The lowest BCUT2D eigenvalue weighted by Crippen LogP contribution is -2.35. The Morgan fingerprint density at radius 3 is 2.56 bits per heavy atom. The number of H-pyrrole nitrogens is 1. The zero-order valence-corrected chi connectivity index (χ0v) is 17.9. The Kier molecular flexibility index (Phi) is 6.80. The zero-order valence-electron chi connectivity index (χ0n) is 17.9. The van der Waals surface area contributed by atoms with E-state index in [1.807, 2.05) is 18.2 Å². The molecule has 0 amide bonds. The van der Waals surface area contributed by atoms with Crippen LogP contribution >= 0.6 is 0 Å². The molecule has 3 aromatic rings. The molecule has 8 nitrogen and oxygen atoms in total. The number of nitriles is 1. The zero-order chi connectivity index (χ0) is 22.3. The van der Waals surface area contributed by atoms with E-state index >= 15 is 0 Å². The summed E-state index contributed by atoms with van der Waals surface area (Å²) in [6.07, 6.45) is 0. The molecule has 1 aliphatic rings. The van der Waals surface area contributed by atoms with Crippen molar-refractivity contribution in [1.29, 1.82) is 5.26 Å². The first-order valence-electron chi connectivity index (χ1n) is 10.5. The summed E-state index contributed by atoms with van der Waals surface area (Å²) in [4.78, 5) is 22.1. The molecule has 0 aliphatic carbocycles. The van der Waals surface area contributed by atoms with Crippen LogP contribution in [0.4, 0.5) is 5.95 Å². The number of methoxy groups -OCH3 is 1. The number of benzene rings is 2. The Bertz CT molecular complexity index is 1160. The van der Waals surface area contributed by atoms with Crippen LogP contribution in [-0.2, 0) is 17.8 Å². The molecule has 1 aliphatic heterocycles. The van der Waals surface area contributed by atoms with Crippen LogP contribution in [0.25, 0.3) is 11.3 Å². The maximum Gasteiger partial charge on any atom is 0.270 e. The highest BCUT2D eigenvalue weighted by Gasteiger charge is 2.15. The van der Waals surface area contributed by atoms with Crippen molar-refractivity contribution >= 4 is 5.95 Å². The summed E-state index contributed by atoms with van der Waals surface area (Å²) in [5.74, 6) is 1.01. The van der Waals surface area contributed by atoms with Gasteiger partial charge in [0.05, 0.1) is 26.0 Å². The number of morpholine rings is 1. The van der Waals surface area contributed by atoms with Crippen LogP contribution in [0.15, 0.2) is 53.3 Å². The lowest BCUT2D eigenvalue weighted by atomic mass is 10.1. The van der Waals surface area contributed by atoms with Gasteiger partial charge < -0.3 is 14.8 Å². The highest BCUT2D eigenvalue weighted by Crippen LogP contribution is 2.23. The highest BCUT2D eigenvalue weighted by molar-refractivity contribution is 5.67. The van der Waals surface area contributed by atoms with Crippen LogP contribution in [0.5, 0.6) is 5.75 Å². The van der Waals surface area contributed by atoms with E-state index in [-0.39, 0.29) is 5.56 Å². The summed E-state index contributed by atoms with van der Waals surface area (Å²) < 4.78 is 10.6. The smallest absolute Gasteiger partial charge is 0.270 e. The molecule has 4 rings (SSSR count). The molecular formula is C24H25N5O3. The average molecular weight is 431 g/mol. The third-order valence-corrected chi connectivity index (χ3v) is 5.46. The third-order valence-electron chi connectivity index (χ3n) is 5.46. The quantitative estimate of drug-likeness (QED) is 0.593. The Hall–Kier alpha value is -3.67. The van der Waals surface area contributed by atoms with Crippen LogP contribution in [0.2, 0.25) is 0 Å². The maximum atomic E-state index is 12.5. The first kappa shape index (κ1) is 21.6. The maximum absolute atomic E-state index is 12.5. The van der Waals surface area contributed by atoms with Gasteiger partial charge >= 0.3 is 0 Å². The van der Waals surface area contributed by atoms with Gasteiger partial charge in [-0.05, 0) is 35.4 Å². The van der Waals surface area contributed by atoms with Crippen LogP contribution in [0.3, 0.4) is 0 Å². The van der Waals surface area contributed by atoms with Gasteiger partial charge in [-0.25, -0.2) is 4.98 Å². The Morgan fingerprint density at radius 1 is 1.16 bits per heavy atom. The van der Waals surface area contributed by atoms with Crippen molar-refractivity contribution in [3.63, 3.8) is 0 Å². The Labute approximate surface area is 186 Å². The minimum absolute atomic E-state index is 0.0200. The first-order valence-corrected chi connectivity index (χ1v) is 10.5. The minimum Gasteiger partial charge on any atom is -0.497 e. The number of nitrogens with zero attached hydrogens (tertiary/aromatic N) is 3. The molecule has 0 spiro atoms. The molecule has 0 atom stereocenters. The lowest BCUT2D eigenvalue weighted by Gasteiger charge is -2.27. The fourth-order valence-corrected chi connectivity index (χ4v) is 3.68. The molecular weight excluding hydrogens is 406 g/mol. The van der Waals surface area contributed by atoms with Crippen molar-refractivity contribution < 1.29 is 9.47 Å². The minimum atomic E-state index is -0.475. The Balaban J connectivity index is 1.56. The van der Waals surface area contributed by atoms with Crippen LogP contribution in [0, 0.1) is 11.3 Å². The predicted molar refractivity (Wildman–Crippen MR) is 121 cm³/mol. The molecule has 1 saturated heterocycles. The van der Waals surface area contributed by atoms with Crippen molar-refractivity contribution in [2.45, 2.75) is 13.1 Å². The SMILES string of the molecule is COc1ccc(-c2nc(NCc3ccccc3CN3CCOCC3)[nH]c(=O)c2C#N)cc1. The summed E-state index contributed by atoms with van der Waals surface area (Å²) in [5, 5.41) is 12.7. The fraction of sp³-hybridized carbons (Fsp3) is 0.292. The summed E-state index contributed by atoms with van der Waals surface area (Å²) in [5.41, 5.74) is 2.85. The van der Waals surface area contributed by atoms with Gasteiger partial charge in [-0.15, -0.1) is 0 Å². The molecule has 0 radical (unpaired) electrons. The van der Waals surface area contributed by atoms with Crippen LogP contribution in [-0.4, -0.2) is 48.3 Å². The van der Waals surface area contributed by atoms with E-state index in [0.29, 0.717) is 29.5 Å². The molecule has 0 bridgehead atoms. The number of anilines is 1. The molecule has 32 heavy (non-hydrogen) atoms. The standard InChI is InChI=1S/C24H25N5O3/c1-31-20-8-6-17(7-9-20)22-21(14-25)23(30)28-24(27-22)26-15-18-4-2-3-5-19(18)16-29-10-12-32-13-11-29/h2-9H,10-13,15-16H2,1H3,(H2,26,27,28,30). The second-order valence-corrected chi connectivity index (χ2v) is 7.49. The van der Waals surface area contributed by atoms with E-state index in [1.165, 1.54) is 5.56 Å². The van der Waals surface area contributed by atoms with Crippen molar-refractivity contribution in [2.75, 3.05) is 38.7 Å². The van der Waals surface area contributed by atoms with E-state index in [2.05, 4.69) is 32.3 Å². The third kappa shape index (κ3) is 4.97. The monoisotopic (exact) mass is 431 g/mol. The summed E-state index contributed by atoms with van der Waals surface area (Å²) >= 11 is 0. The number of ether oxygens (including phenoxy) is 2. The van der Waals surface area contributed by atoms with Crippen LogP contribution in [0.1, 0.15) is 16.7 Å². The van der Waals surface area contributed by atoms with E-state index in [1.54, 1.807) is 31.4 Å². The summed E-state index contributed by atoms with van der Waals surface area (Å²) in [6, 6.07) is 17.3. The lowest BCUT2D eigenvalue weighted by molar-refractivity contribution is 0.0341. The Morgan fingerprint density at radius 2 is 1.88 bits per heavy atom. The van der Waals surface area contributed by atoms with Gasteiger partial charge in [0.25, 0.3) is 5.56 Å². The van der Waals surface area contributed by atoms with Gasteiger partial charge in [0.2, 0.25) is 5.95 Å². The first-order chi connectivity index (χ1) is 15.7. The molecule has 1 fully saturated rings. The normalized spacial score (nSPS) is 14.0. The second-order valence-electron chi connectivity index (χ2n) is 7.49. The number of aromatic nitrogens is 2.